The number of hydrogen-bond acceptors (Lipinski definition) is 7. The Bertz CT molecular complexity index is 1210. The maximum atomic E-state index is 12.4. The molecule has 10 nitrogen and oxygen atoms in total. The van der Waals surface area contributed by atoms with Crippen LogP contribution >= 0.6 is 0 Å². The summed E-state index contributed by atoms with van der Waals surface area (Å²) in [7, 11) is 1.56. The van der Waals surface area contributed by atoms with Gasteiger partial charge in [-0.25, -0.2) is 4.79 Å². The van der Waals surface area contributed by atoms with E-state index in [0.29, 0.717) is 23.4 Å². The molecular formula is C23H27N3O7. The lowest BCUT2D eigenvalue weighted by atomic mass is 10.1. The Kier molecular flexibility index (Phi) is 7.37. The van der Waals surface area contributed by atoms with Crippen LogP contribution in [0.3, 0.4) is 0 Å². The molecule has 0 aliphatic carbocycles. The number of nitrogens with zero attached hydrogens (tertiary/aromatic N) is 2. The van der Waals surface area contributed by atoms with E-state index in [-0.39, 0.29) is 42.3 Å². The summed E-state index contributed by atoms with van der Waals surface area (Å²) in [6.07, 6.45) is 0.605. The summed E-state index contributed by atoms with van der Waals surface area (Å²) in [5.74, 6) is 0.446. The van der Waals surface area contributed by atoms with Crippen LogP contribution in [-0.4, -0.2) is 28.6 Å². The van der Waals surface area contributed by atoms with Gasteiger partial charge in [0.05, 0.1) is 35.8 Å². The Morgan fingerprint density at radius 2 is 1.94 bits per heavy atom. The van der Waals surface area contributed by atoms with E-state index >= 15 is 0 Å². The molecule has 0 saturated heterocycles. The topological polar surface area (TPSA) is 126 Å². The van der Waals surface area contributed by atoms with Gasteiger partial charge in [0, 0.05) is 19.0 Å². The summed E-state index contributed by atoms with van der Waals surface area (Å²) in [5.41, 5.74) is 1.31. The van der Waals surface area contributed by atoms with Gasteiger partial charge in [-0.15, -0.1) is 0 Å². The zero-order valence-electron chi connectivity index (χ0n) is 19.0. The molecule has 0 aliphatic heterocycles. The van der Waals surface area contributed by atoms with Gasteiger partial charge in [0.25, 0.3) is 5.69 Å². The molecule has 0 fully saturated rings. The smallest absolute Gasteiger partial charge is 0.419 e. The van der Waals surface area contributed by atoms with Crippen molar-refractivity contribution in [2.45, 2.75) is 52.3 Å². The van der Waals surface area contributed by atoms with Crippen molar-refractivity contribution in [3.63, 3.8) is 0 Å². The third kappa shape index (κ3) is 5.71. The molecule has 1 aromatic heterocycles. The number of hydrogen-bond donors (Lipinski definition) is 1. The van der Waals surface area contributed by atoms with Gasteiger partial charge in [-0.2, -0.15) is 0 Å². The van der Waals surface area contributed by atoms with Crippen molar-refractivity contribution >= 4 is 22.7 Å². The molecule has 10 heteroatoms. The van der Waals surface area contributed by atoms with Gasteiger partial charge in [-0.05, 0) is 51.0 Å². The quantitative estimate of drug-likeness (QED) is 0.361. The van der Waals surface area contributed by atoms with Crippen LogP contribution < -0.4 is 20.5 Å². The van der Waals surface area contributed by atoms with Crippen LogP contribution in [0.2, 0.25) is 0 Å². The lowest BCUT2D eigenvalue weighted by Gasteiger charge is -2.18. The number of aromatic nitrogens is 1. The predicted octanol–water partition coefficient (Wildman–Crippen LogP) is 3.96. The first-order valence-electron chi connectivity index (χ1n) is 10.6. The lowest BCUT2D eigenvalue weighted by Crippen LogP contribution is -2.27. The fourth-order valence-corrected chi connectivity index (χ4v) is 3.48. The molecule has 1 N–H and O–H groups in total. The third-order valence-corrected chi connectivity index (χ3v) is 5.08. The van der Waals surface area contributed by atoms with E-state index in [0.717, 1.165) is 5.56 Å². The molecule has 3 aromatic rings. The number of amides is 1. The van der Waals surface area contributed by atoms with Crippen molar-refractivity contribution in [2.75, 3.05) is 7.11 Å². The highest BCUT2D eigenvalue weighted by Crippen LogP contribution is 2.31. The number of fused-ring (bicyclic) bond motifs is 1. The minimum Gasteiger partial charge on any atom is -0.493 e. The Hall–Kier alpha value is -3.82. The standard InChI is InChI=1S/C23H27N3O7/c1-14(2)32-19-10-7-16(12-21(19)31-4)15(3)24-22(27)6-5-11-25-18-9-8-17(26(29)30)13-20(18)33-23(25)28/h7-10,12-15H,5-6,11H2,1-4H3,(H,24,27). The number of nitrogens with one attached hydrogen (secondary N) is 1. The number of aryl methyl sites for hydroxylation is 1. The molecule has 0 saturated carbocycles. The second-order valence-electron chi connectivity index (χ2n) is 7.90. The predicted molar refractivity (Wildman–Crippen MR) is 122 cm³/mol. The fraction of sp³-hybridized carbons (Fsp3) is 0.391. The maximum absolute atomic E-state index is 12.4. The second kappa shape index (κ2) is 10.2. The Morgan fingerprint density at radius 3 is 2.61 bits per heavy atom. The van der Waals surface area contributed by atoms with Crippen molar-refractivity contribution < 1.29 is 23.6 Å². The van der Waals surface area contributed by atoms with Gasteiger partial charge in [0.15, 0.2) is 17.1 Å². The van der Waals surface area contributed by atoms with Gasteiger partial charge in [0.1, 0.15) is 0 Å². The number of non-ortho nitro benzene ring substituents is 1. The number of benzene rings is 2. The minimum absolute atomic E-state index is 0.0110. The molecule has 0 radical (unpaired) electrons. The van der Waals surface area contributed by atoms with Gasteiger partial charge in [-0.3, -0.25) is 19.5 Å². The van der Waals surface area contributed by atoms with E-state index in [4.69, 9.17) is 13.9 Å². The lowest BCUT2D eigenvalue weighted by molar-refractivity contribution is -0.384. The average molecular weight is 457 g/mol. The summed E-state index contributed by atoms with van der Waals surface area (Å²) in [4.78, 5) is 34.9. The number of ether oxygens (including phenoxy) is 2. The van der Waals surface area contributed by atoms with E-state index in [2.05, 4.69) is 5.32 Å². The van der Waals surface area contributed by atoms with E-state index in [1.54, 1.807) is 7.11 Å². The summed E-state index contributed by atoms with van der Waals surface area (Å²) in [5, 5.41) is 13.8. The second-order valence-corrected chi connectivity index (χ2v) is 7.90. The number of rotatable bonds is 10. The molecule has 176 valence electrons. The number of methoxy groups -OCH3 is 1. The van der Waals surface area contributed by atoms with Crippen LogP contribution in [0, 0.1) is 10.1 Å². The molecule has 1 amide bonds. The van der Waals surface area contributed by atoms with E-state index in [1.165, 1.54) is 22.8 Å². The summed E-state index contributed by atoms with van der Waals surface area (Å²) in [6.45, 7) is 5.98. The van der Waals surface area contributed by atoms with Gasteiger partial charge in [0.2, 0.25) is 5.91 Å². The highest BCUT2D eigenvalue weighted by molar-refractivity contribution is 5.77. The Balaban J connectivity index is 1.59. The molecule has 0 aliphatic rings. The van der Waals surface area contributed by atoms with Crippen molar-refractivity contribution in [3.05, 3.63) is 62.6 Å². The van der Waals surface area contributed by atoms with Gasteiger partial charge < -0.3 is 19.2 Å². The SMILES string of the molecule is COc1cc(C(C)NC(=O)CCCn2c(=O)oc3cc([N+](=O)[O-])ccc32)ccc1OC(C)C. The fourth-order valence-electron chi connectivity index (χ4n) is 3.48. The summed E-state index contributed by atoms with van der Waals surface area (Å²) >= 11 is 0. The van der Waals surface area contributed by atoms with Crippen LogP contribution in [0.1, 0.15) is 45.2 Å². The van der Waals surface area contributed by atoms with E-state index < -0.39 is 10.7 Å². The first kappa shape index (κ1) is 23.8. The number of nitro groups is 1. The zero-order chi connectivity index (χ0) is 24.1. The summed E-state index contributed by atoms with van der Waals surface area (Å²) in [6, 6.07) is 9.28. The van der Waals surface area contributed by atoms with Crippen molar-refractivity contribution in [1.29, 1.82) is 0 Å². The van der Waals surface area contributed by atoms with Crippen LogP contribution in [0.25, 0.3) is 11.1 Å². The van der Waals surface area contributed by atoms with Gasteiger partial charge >= 0.3 is 5.76 Å². The number of carbonyl (C=O) groups is 1. The van der Waals surface area contributed by atoms with Crippen molar-refractivity contribution in [1.82, 2.24) is 9.88 Å². The monoisotopic (exact) mass is 457 g/mol. The van der Waals surface area contributed by atoms with E-state index in [1.807, 2.05) is 39.0 Å². The molecule has 2 aromatic carbocycles. The molecule has 3 rings (SSSR count). The van der Waals surface area contributed by atoms with Crippen LogP contribution in [-0.2, 0) is 11.3 Å². The highest BCUT2D eigenvalue weighted by Gasteiger charge is 2.16. The van der Waals surface area contributed by atoms with E-state index in [9.17, 15) is 19.7 Å². The van der Waals surface area contributed by atoms with Crippen molar-refractivity contribution in [2.24, 2.45) is 0 Å². The molecule has 1 unspecified atom stereocenters. The molecule has 33 heavy (non-hydrogen) atoms. The first-order chi connectivity index (χ1) is 15.7. The molecule has 1 atom stereocenters. The third-order valence-electron chi connectivity index (χ3n) is 5.08. The van der Waals surface area contributed by atoms with Crippen LogP contribution in [0.4, 0.5) is 5.69 Å². The molecule has 0 bridgehead atoms. The zero-order valence-corrected chi connectivity index (χ0v) is 19.0. The Morgan fingerprint density at radius 1 is 1.18 bits per heavy atom. The maximum Gasteiger partial charge on any atom is 0.419 e. The average Bonchev–Trinajstić information content (AvgIpc) is 3.07. The molecular weight excluding hydrogens is 430 g/mol. The minimum atomic E-state index is -0.616. The highest BCUT2D eigenvalue weighted by atomic mass is 16.6. The number of carbonyl (C=O) groups excluding carboxylic acids is 1. The van der Waals surface area contributed by atoms with Crippen LogP contribution in [0.15, 0.2) is 45.6 Å². The number of nitro benzene ring substituents is 1. The van der Waals surface area contributed by atoms with Gasteiger partial charge in [-0.1, -0.05) is 6.07 Å². The molecule has 0 spiro atoms. The van der Waals surface area contributed by atoms with Crippen LogP contribution in [0.5, 0.6) is 11.5 Å². The normalized spacial score (nSPS) is 12.0. The number of oxazole rings is 1. The largest absolute Gasteiger partial charge is 0.493 e. The summed E-state index contributed by atoms with van der Waals surface area (Å²) < 4.78 is 17.6. The molecule has 1 heterocycles. The first-order valence-corrected chi connectivity index (χ1v) is 10.6. The van der Waals surface area contributed by atoms with Crippen molar-refractivity contribution in [3.8, 4) is 11.5 Å². The Labute approximate surface area is 190 Å².